The normalized spacial score (nSPS) is 18.3. The van der Waals surface area contributed by atoms with Crippen LogP contribution < -0.4 is 5.32 Å². The highest BCUT2D eigenvalue weighted by Crippen LogP contribution is 2.22. The molecule has 0 spiro atoms. The molecule has 2 nitrogen and oxygen atoms in total. The lowest BCUT2D eigenvalue weighted by atomic mass is 9.99. The number of hydrogen-bond donors (Lipinski definition) is 1. The Labute approximate surface area is 115 Å². The molecule has 1 aliphatic heterocycles. The molecule has 0 aromatic carbocycles. The fourth-order valence-corrected chi connectivity index (χ4v) is 3.46. The molecule has 0 saturated carbocycles. The van der Waals surface area contributed by atoms with Crippen molar-refractivity contribution in [2.24, 2.45) is 5.92 Å². The average molecular weight is 266 g/mol. The van der Waals surface area contributed by atoms with E-state index in [-0.39, 0.29) is 0 Å². The molecule has 0 bridgehead atoms. The Kier molecular flexibility index (Phi) is 5.67. The monoisotopic (exact) mass is 266 g/mol. The van der Waals surface area contributed by atoms with Crippen LogP contribution in [0.3, 0.4) is 0 Å². The van der Waals surface area contributed by atoms with Crippen molar-refractivity contribution >= 4 is 11.3 Å². The smallest absolute Gasteiger partial charge is 0.0328 e. The number of thiophene rings is 1. The number of nitrogens with one attached hydrogen (secondary N) is 1. The van der Waals surface area contributed by atoms with Gasteiger partial charge in [0.2, 0.25) is 0 Å². The van der Waals surface area contributed by atoms with E-state index in [0.717, 1.165) is 25.6 Å². The summed E-state index contributed by atoms with van der Waals surface area (Å²) in [4.78, 5) is 5.61. The van der Waals surface area contributed by atoms with E-state index in [1.807, 2.05) is 11.3 Å². The van der Waals surface area contributed by atoms with E-state index in [4.69, 9.17) is 0 Å². The van der Waals surface area contributed by atoms with Crippen LogP contribution in [0.15, 0.2) is 12.1 Å². The van der Waals surface area contributed by atoms with Crippen LogP contribution in [0.2, 0.25) is 0 Å². The molecule has 1 fully saturated rings. The van der Waals surface area contributed by atoms with Crippen molar-refractivity contribution in [1.82, 2.24) is 10.2 Å². The standard InChI is InChI=1S/C15H26N2S/c1-3-8-16-11-14-4-5-15(18-14)12-17-9-6-13(2)7-10-17/h4-5,13,16H,3,6-12H2,1-2H3. The lowest BCUT2D eigenvalue weighted by Gasteiger charge is -2.29. The molecule has 0 amide bonds. The third kappa shape index (κ3) is 4.38. The second kappa shape index (κ2) is 7.27. The van der Waals surface area contributed by atoms with Gasteiger partial charge in [-0.25, -0.2) is 0 Å². The number of nitrogens with zero attached hydrogens (tertiary/aromatic N) is 1. The first kappa shape index (κ1) is 14.0. The lowest BCUT2D eigenvalue weighted by molar-refractivity contribution is 0.186. The molecule has 0 unspecified atom stereocenters. The Bertz CT molecular complexity index is 340. The quantitative estimate of drug-likeness (QED) is 0.793. The first-order chi connectivity index (χ1) is 8.78. The van der Waals surface area contributed by atoms with Crippen molar-refractivity contribution in [3.63, 3.8) is 0 Å². The topological polar surface area (TPSA) is 15.3 Å². The van der Waals surface area contributed by atoms with Crippen LogP contribution in [0.5, 0.6) is 0 Å². The highest BCUT2D eigenvalue weighted by atomic mass is 32.1. The molecule has 1 saturated heterocycles. The molecule has 2 rings (SSSR count). The molecule has 1 aromatic rings. The molecule has 18 heavy (non-hydrogen) atoms. The van der Waals surface area contributed by atoms with Gasteiger partial charge in [0.1, 0.15) is 0 Å². The zero-order valence-corrected chi connectivity index (χ0v) is 12.6. The van der Waals surface area contributed by atoms with Gasteiger partial charge in [-0.3, -0.25) is 4.90 Å². The molecule has 3 heteroatoms. The Morgan fingerprint density at radius 2 is 2.00 bits per heavy atom. The van der Waals surface area contributed by atoms with Crippen LogP contribution in [0.1, 0.15) is 42.9 Å². The molecule has 1 aromatic heterocycles. The van der Waals surface area contributed by atoms with Crippen molar-refractivity contribution in [1.29, 1.82) is 0 Å². The minimum atomic E-state index is 0.929. The first-order valence-electron chi connectivity index (χ1n) is 7.28. The van der Waals surface area contributed by atoms with Crippen LogP contribution >= 0.6 is 11.3 Å². The zero-order chi connectivity index (χ0) is 12.8. The summed E-state index contributed by atoms with van der Waals surface area (Å²) >= 11 is 1.97. The van der Waals surface area contributed by atoms with Crippen molar-refractivity contribution < 1.29 is 0 Å². The Hall–Kier alpha value is -0.380. The van der Waals surface area contributed by atoms with E-state index >= 15 is 0 Å². The largest absolute Gasteiger partial charge is 0.312 e. The fraction of sp³-hybridized carbons (Fsp3) is 0.733. The molecule has 1 N–H and O–H groups in total. The predicted molar refractivity (Wildman–Crippen MR) is 80.0 cm³/mol. The molecular formula is C15H26N2S. The molecule has 2 heterocycles. The van der Waals surface area contributed by atoms with Gasteiger partial charge in [0.15, 0.2) is 0 Å². The van der Waals surface area contributed by atoms with Gasteiger partial charge in [-0.2, -0.15) is 0 Å². The Morgan fingerprint density at radius 1 is 1.28 bits per heavy atom. The van der Waals surface area contributed by atoms with E-state index in [2.05, 4.69) is 36.2 Å². The van der Waals surface area contributed by atoms with E-state index in [0.29, 0.717) is 0 Å². The summed E-state index contributed by atoms with van der Waals surface area (Å²) in [5, 5.41) is 3.47. The van der Waals surface area contributed by atoms with Crippen molar-refractivity contribution in [2.45, 2.75) is 46.2 Å². The Morgan fingerprint density at radius 3 is 2.72 bits per heavy atom. The number of rotatable bonds is 6. The predicted octanol–water partition coefficient (Wildman–Crippen LogP) is 3.48. The van der Waals surface area contributed by atoms with Gasteiger partial charge in [0.25, 0.3) is 0 Å². The van der Waals surface area contributed by atoms with Gasteiger partial charge in [0.05, 0.1) is 0 Å². The SMILES string of the molecule is CCCNCc1ccc(CN2CCC(C)CC2)s1. The molecule has 1 aliphatic rings. The minimum Gasteiger partial charge on any atom is -0.312 e. The summed E-state index contributed by atoms with van der Waals surface area (Å²) in [6.45, 7) is 10.5. The van der Waals surface area contributed by atoms with E-state index < -0.39 is 0 Å². The van der Waals surface area contributed by atoms with Crippen LogP contribution in [0.25, 0.3) is 0 Å². The maximum absolute atomic E-state index is 3.47. The van der Waals surface area contributed by atoms with Gasteiger partial charge >= 0.3 is 0 Å². The van der Waals surface area contributed by atoms with Crippen molar-refractivity contribution in [2.75, 3.05) is 19.6 Å². The highest BCUT2D eigenvalue weighted by Gasteiger charge is 2.16. The third-order valence-corrected chi connectivity index (χ3v) is 4.77. The number of likely N-dealkylation sites (tertiary alicyclic amines) is 1. The van der Waals surface area contributed by atoms with Crippen LogP contribution in [-0.4, -0.2) is 24.5 Å². The van der Waals surface area contributed by atoms with Crippen molar-refractivity contribution in [3.05, 3.63) is 21.9 Å². The summed E-state index contributed by atoms with van der Waals surface area (Å²) in [5.41, 5.74) is 0. The van der Waals surface area contributed by atoms with Gasteiger partial charge in [-0.1, -0.05) is 13.8 Å². The molecular weight excluding hydrogens is 240 g/mol. The number of hydrogen-bond acceptors (Lipinski definition) is 3. The maximum atomic E-state index is 3.47. The second-order valence-corrected chi connectivity index (χ2v) is 6.76. The van der Waals surface area contributed by atoms with Gasteiger partial charge < -0.3 is 5.32 Å². The zero-order valence-electron chi connectivity index (χ0n) is 11.7. The summed E-state index contributed by atoms with van der Waals surface area (Å²) in [6.07, 6.45) is 3.96. The van der Waals surface area contributed by atoms with Crippen molar-refractivity contribution in [3.8, 4) is 0 Å². The average Bonchev–Trinajstić information content (AvgIpc) is 2.80. The summed E-state index contributed by atoms with van der Waals surface area (Å²) < 4.78 is 0. The summed E-state index contributed by atoms with van der Waals surface area (Å²) in [7, 11) is 0. The van der Waals surface area contributed by atoms with Gasteiger partial charge in [0, 0.05) is 22.8 Å². The second-order valence-electron chi connectivity index (χ2n) is 5.50. The Balaban J connectivity index is 1.76. The molecule has 102 valence electrons. The van der Waals surface area contributed by atoms with E-state index in [1.54, 1.807) is 0 Å². The lowest BCUT2D eigenvalue weighted by Crippen LogP contribution is -2.32. The third-order valence-electron chi connectivity index (χ3n) is 3.70. The molecule has 0 aliphatic carbocycles. The first-order valence-corrected chi connectivity index (χ1v) is 8.10. The highest BCUT2D eigenvalue weighted by molar-refractivity contribution is 7.11. The van der Waals surface area contributed by atoms with E-state index in [1.165, 1.54) is 42.1 Å². The summed E-state index contributed by atoms with van der Waals surface area (Å²) in [5.74, 6) is 0.929. The number of piperidine rings is 1. The fourth-order valence-electron chi connectivity index (χ4n) is 2.43. The maximum Gasteiger partial charge on any atom is 0.0328 e. The molecule has 0 radical (unpaired) electrons. The molecule has 0 atom stereocenters. The van der Waals surface area contributed by atoms with E-state index in [9.17, 15) is 0 Å². The van der Waals surface area contributed by atoms with Crippen LogP contribution in [0, 0.1) is 5.92 Å². The van der Waals surface area contributed by atoms with Crippen LogP contribution in [-0.2, 0) is 13.1 Å². The minimum absolute atomic E-state index is 0.929. The van der Waals surface area contributed by atoms with Gasteiger partial charge in [-0.05, 0) is 56.9 Å². The summed E-state index contributed by atoms with van der Waals surface area (Å²) in [6, 6.07) is 4.60. The van der Waals surface area contributed by atoms with Crippen LogP contribution in [0.4, 0.5) is 0 Å². The van der Waals surface area contributed by atoms with Gasteiger partial charge in [-0.15, -0.1) is 11.3 Å².